The lowest BCUT2D eigenvalue weighted by Crippen LogP contribution is -2.08. The van der Waals surface area contributed by atoms with E-state index in [2.05, 4.69) is 5.10 Å². The molecule has 20 heavy (non-hydrogen) atoms. The van der Waals surface area contributed by atoms with Crippen LogP contribution >= 0.6 is 11.8 Å². The van der Waals surface area contributed by atoms with Gasteiger partial charge in [0, 0.05) is 41.8 Å². The Kier molecular flexibility index (Phi) is 4.52. The van der Waals surface area contributed by atoms with Gasteiger partial charge >= 0.3 is 0 Å². The van der Waals surface area contributed by atoms with Crippen LogP contribution in [0.5, 0.6) is 0 Å². The number of aryl methyl sites for hydroxylation is 1. The predicted molar refractivity (Wildman–Crippen MR) is 80.4 cm³/mol. The molecule has 0 saturated carbocycles. The molecule has 5 nitrogen and oxygen atoms in total. The van der Waals surface area contributed by atoms with Gasteiger partial charge in [0.2, 0.25) is 0 Å². The first-order valence-electron chi connectivity index (χ1n) is 6.05. The van der Waals surface area contributed by atoms with Crippen molar-refractivity contribution >= 4 is 21.6 Å². The number of nitrogens with two attached hydrogens (primary N) is 1. The van der Waals surface area contributed by atoms with Gasteiger partial charge in [-0.05, 0) is 24.3 Å². The standard InChI is InChI=1S/C13H17N3O2S2/c1-16-9-10(8-15-16)13(7-14)19-11-3-5-12(6-4-11)20(2,17)18/h3-6,8-9,13H,7,14H2,1-2H3. The molecule has 0 saturated heterocycles. The van der Waals surface area contributed by atoms with E-state index in [1.165, 1.54) is 6.26 Å². The molecule has 7 heteroatoms. The van der Waals surface area contributed by atoms with Crippen LogP contribution in [0.2, 0.25) is 0 Å². The Hall–Kier alpha value is -1.31. The number of hydrogen-bond donors (Lipinski definition) is 1. The molecule has 1 unspecified atom stereocenters. The predicted octanol–water partition coefficient (Wildman–Crippen LogP) is 1.62. The smallest absolute Gasteiger partial charge is 0.175 e. The number of rotatable bonds is 5. The largest absolute Gasteiger partial charge is 0.329 e. The monoisotopic (exact) mass is 311 g/mol. The van der Waals surface area contributed by atoms with Gasteiger partial charge in [0.15, 0.2) is 9.84 Å². The highest BCUT2D eigenvalue weighted by atomic mass is 32.2. The highest BCUT2D eigenvalue weighted by Crippen LogP contribution is 2.34. The van der Waals surface area contributed by atoms with Crippen LogP contribution in [0.25, 0.3) is 0 Å². The van der Waals surface area contributed by atoms with Crippen molar-refractivity contribution in [1.82, 2.24) is 9.78 Å². The summed E-state index contributed by atoms with van der Waals surface area (Å²) in [5.74, 6) is 0. The first-order valence-corrected chi connectivity index (χ1v) is 8.82. The molecule has 0 fully saturated rings. The Bertz CT molecular complexity index is 678. The fourth-order valence-electron chi connectivity index (χ4n) is 1.79. The zero-order valence-electron chi connectivity index (χ0n) is 11.4. The van der Waals surface area contributed by atoms with E-state index in [-0.39, 0.29) is 5.25 Å². The Morgan fingerprint density at radius 1 is 1.35 bits per heavy atom. The molecule has 0 bridgehead atoms. The van der Waals surface area contributed by atoms with Gasteiger partial charge < -0.3 is 5.73 Å². The van der Waals surface area contributed by atoms with Crippen LogP contribution in [-0.4, -0.2) is 31.0 Å². The Morgan fingerprint density at radius 2 is 2.00 bits per heavy atom. The number of thioether (sulfide) groups is 1. The molecular formula is C13H17N3O2S2. The summed E-state index contributed by atoms with van der Waals surface area (Å²) < 4.78 is 24.6. The van der Waals surface area contributed by atoms with Crippen LogP contribution in [0, 0.1) is 0 Å². The van der Waals surface area contributed by atoms with Crippen molar-refractivity contribution in [2.24, 2.45) is 12.8 Å². The maximum absolute atomic E-state index is 11.4. The van der Waals surface area contributed by atoms with E-state index < -0.39 is 9.84 Å². The van der Waals surface area contributed by atoms with Crippen molar-refractivity contribution in [1.29, 1.82) is 0 Å². The number of hydrogen-bond acceptors (Lipinski definition) is 5. The normalized spacial score (nSPS) is 13.3. The van der Waals surface area contributed by atoms with Crippen LogP contribution in [0.1, 0.15) is 10.8 Å². The SMILES string of the molecule is Cn1cc(C(CN)Sc2ccc(S(C)(=O)=O)cc2)cn1. The minimum Gasteiger partial charge on any atom is -0.329 e. The lowest BCUT2D eigenvalue weighted by atomic mass is 10.2. The van der Waals surface area contributed by atoms with Gasteiger partial charge in [0.05, 0.1) is 11.1 Å². The molecule has 0 amide bonds. The fourth-order valence-corrected chi connectivity index (χ4v) is 3.39. The van der Waals surface area contributed by atoms with Gasteiger partial charge in [0.1, 0.15) is 0 Å². The van der Waals surface area contributed by atoms with E-state index in [1.807, 2.05) is 13.2 Å². The summed E-state index contributed by atoms with van der Waals surface area (Å²) in [5.41, 5.74) is 6.87. The van der Waals surface area contributed by atoms with Crippen LogP contribution in [0.3, 0.4) is 0 Å². The third-order valence-electron chi connectivity index (χ3n) is 2.84. The summed E-state index contributed by atoms with van der Waals surface area (Å²) in [6.07, 6.45) is 4.94. The zero-order valence-corrected chi connectivity index (χ0v) is 13.0. The zero-order chi connectivity index (χ0) is 14.8. The second kappa shape index (κ2) is 5.99. The molecule has 1 aromatic carbocycles. The van der Waals surface area contributed by atoms with Crippen molar-refractivity contribution in [2.75, 3.05) is 12.8 Å². The molecule has 2 rings (SSSR count). The summed E-state index contributed by atoms with van der Waals surface area (Å²) in [5, 5.41) is 4.25. The van der Waals surface area contributed by atoms with Crippen molar-refractivity contribution in [3.63, 3.8) is 0 Å². The quantitative estimate of drug-likeness (QED) is 0.849. The average Bonchev–Trinajstić information content (AvgIpc) is 2.82. The van der Waals surface area contributed by atoms with Crippen LogP contribution in [-0.2, 0) is 16.9 Å². The lowest BCUT2D eigenvalue weighted by Gasteiger charge is -2.12. The molecule has 0 aliphatic carbocycles. The molecule has 0 spiro atoms. The molecule has 2 aromatic rings. The van der Waals surface area contributed by atoms with Gasteiger partial charge in [-0.2, -0.15) is 5.10 Å². The van der Waals surface area contributed by atoms with Gasteiger partial charge in [-0.25, -0.2) is 8.42 Å². The lowest BCUT2D eigenvalue weighted by molar-refractivity contribution is 0.602. The highest BCUT2D eigenvalue weighted by molar-refractivity contribution is 7.99. The fraction of sp³-hybridized carbons (Fsp3) is 0.308. The summed E-state index contributed by atoms with van der Waals surface area (Å²) in [6, 6.07) is 6.85. The second-order valence-corrected chi connectivity index (χ2v) is 7.82. The third-order valence-corrected chi connectivity index (χ3v) is 5.26. The number of aromatic nitrogens is 2. The van der Waals surface area contributed by atoms with Gasteiger partial charge in [0.25, 0.3) is 0 Å². The highest BCUT2D eigenvalue weighted by Gasteiger charge is 2.14. The second-order valence-electron chi connectivity index (χ2n) is 4.53. The van der Waals surface area contributed by atoms with E-state index >= 15 is 0 Å². The van der Waals surface area contributed by atoms with Crippen molar-refractivity contribution in [3.8, 4) is 0 Å². The minimum atomic E-state index is -3.15. The maximum atomic E-state index is 11.4. The van der Waals surface area contributed by atoms with E-state index in [9.17, 15) is 8.42 Å². The van der Waals surface area contributed by atoms with Gasteiger partial charge in [-0.1, -0.05) is 0 Å². The van der Waals surface area contributed by atoms with Crippen LogP contribution < -0.4 is 5.73 Å². The minimum absolute atomic E-state index is 0.104. The van der Waals surface area contributed by atoms with E-state index in [4.69, 9.17) is 5.73 Å². The summed E-state index contributed by atoms with van der Waals surface area (Å²) in [6.45, 7) is 0.490. The Morgan fingerprint density at radius 3 is 2.45 bits per heavy atom. The first kappa shape index (κ1) is 15.1. The summed E-state index contributed by atoms with van der Waals surface area (Å²) in [4.78, 5) is 1.31. The van der Waals surface area contributed by atoms with Gasteiger partial charge in [-0.3, -0.25) is 4.68 Å². The Balaban J connectivity index is 2.16. The van der Waals surface area contributed by atoms with Crippen molar-refractivity contribution < 1.29 is 8.42 Å². The molecule has 1 aromatic heterocycles. The van der Waals surface area contributed by atoms with Gasteiger partial charge in [-0.15, -0.1) is 11.8 Å². The van der Waals surface area contributed by atoms with Crippen molar-refractivity contribution in [2.45, 2.75) is 15.0 Å². The van der Waals surface area contributed by atoms with Crippen LogP contribution in [0.15, 0.2) is 46.5 Å². The molecule has 0 aliphatic heterocycles. The number of nitrogens with zero attached hydrogens (tertiary/aromatic N) is 2. The molecule has 2 N–H and O–H groups in total. The summed E-state index contributed by atoms with van der Waals surface area (Å²) >= 11 is 1.60. The van der Waals surface area contributed by atoms with E-state index in [0.717, 1.165) is 10.5 Å². The number of sulfone groups is 1. The molecule has 1 heterocycles. The summed E-state index contributed by atoms with van der Waals surface area (Å²) in [7, 11) is -1.29. The molecule has 108 valence electrons. The number of benzene rings is 1. The first-order chi connectivity index (χ1) is 9.40. The molecule has 0 aliphatic rings. The topological polar surface area (TPSA) is 78.0 Å². The van der Waals surface area contributed by atoms with E-state index in [1.54, 1.807) is 46.9 Å². The molecule has 0 radical (unpaired) electrons. The maximum Gasteiger partial charge on any atom is 0.175 e. The van der Waals surface area contributed by atoms with Crippen molar-refractivity contribution in [3.05, 3.63) is 42.2 Å². The molecular weight excluding hydrogens is 294 g/mol. The van der Waals surface area contributed by atoms with Crippen LogP contribution in [0.4, 0.5) is 0 Å². The third kappa shape index (κ3) is 3.62. The van der Waals surface area contributed by atoms with E-state index in [0.29, 0.717) is 11.4 Å². The Labute approximate surface area is 123 Å². The average molecular weight is 311 g/mol. The molecule has 1 atom stereocenters.